The summed E-state index contributed by atoms with van der Waals surface area (Å²) in [5.74, 6) is 0.716. The highest BCUT2D eigenvalue weighted by Crippen LogP contribution is 2.40. The van der Waals surface area contributed by atoms with Crippen molar-refractivity contribution in [1.82, 2.24) is 0 Å². The summed E-state index contributed by atoms with van der Waals surface area (Å²) in [6, 6.07) is 30.7. The summed E-state index contributed by atoms with van der Waals surface area (Å²) in [6.45, 7) is 0. The molecule has 0 bridgehead atoms. The molecule has 112 valence electrons. The molecule has 0 saturated heterocycles. The van der Waals surface area contributed by atoms with E-state index in [-0.39, 0.29) is 12.1 Å². The van der Waals surface area contributed by atoms with Crippen molar-refractivity contribution in [2.75, 3.05) is 0 Å². The summed E-state index contributed by atoms with van der Waals surface area (Å²) in [5.41, 5.74) is 3.34. The van der Waals surface area contributed by atoms with E-state index in [1.54, 1.807) is 0 Å². The average molecular weight is 299 g/mol. The molecule has 0 saturated carbocycles. The summed E-state index contributed by atoms with van der Waals surface area (Å²) < 4.78 is 6.25. The van der Waals surface area contributed by atoms with Gasteiger partial charge in [0, 0.05) is 5.56 Å². The van der Waals surface area contributed by atoms with Crippen molar-refractivity contribution in [2.45, 2.75) is 12.1 Å². The van der Waals surface area contributed by atoms with Crippen LogP contribution in [0.5, 0.6) is 0 Å². The number of nitrogens with zero attached hydrogens (tertiary/aromatic N) is 1. The maximum Gasteiger partial charge on any atom is 0.217 e. The highest BCUT2D eigenvalue weighted by Gasteiger charge is 2.33. The van der Waals surface area contributed by atoms with Crippen LogP contribution in [0.1, 0.15) is 28.8 Å². The minimum atomic E-state index is -0.0891. The Hall–Kier alpha value is -2.87. The lowest BCUT2D eigenvalue weighted by Gasteiger charge is -2.18. The molecule has 2 atom stereocenters. The number of hydrogen-bond donors (Lipinski definition) is 0. The smallest absolute Gasteiger partial charge is 0.217 e. The van der Waals surface area contributed by atoms with E-state index in [4.69, 9.17) is 9.73 Å². The highest BCUT2D eigenvalue weighted by atomic mass is 16.5. The van der Waals surface area contributed by atoms with E-state index >= 15 is 0 Å². The molecule has 1 aliphatic rings. The van der Waals surface area contributed by atoms with Gasteiger partial charge in [-0.05, 0) is 23.3 Å². The fourth-order valence-corrected chi connectivity index (χ4v) is 2.93. The molecule has 0 aromatic heterocycles. The van der Waals surface area contributed by atoms with Crippen LogP contribution >= 0.6 is 0 Å². The molecule has 2 heteroatoms. The lowest BCUT2D eigenvalue weighted by atomic mass is 9.97. The lowest BCUT2D eigenvalue weighted by molar-refractivity contribution is 0.197. The van der Waals surface area contributed by atoms with E-state index in [2.05, 4.69) is 24.3 Å². The maximum atomic E-state index is 6.25. The summed E-state index contributed by atoms with van der Waals surface area (Å²) >= 11 is 0. The first-order chi connectivity index (χ1) is 11.4. The van der Waals surface area contributed by atoms with Gasteiger partial charge in [-0.25, -0.2) is 4.99 Å². The van der Waals surface area contributed by atoms with Gasteiger partial charge >= 0.3 is 0 Å². The Bertz CT molecular complexity index is 797. The molecular formula is C21H17NO. The van der Waals surface area contributed by atoms with Gasteiger partial charge in [-0.3, -0.25) is 0 Å². The first-order valence-corrected chi connectivity index (χ1v) is 7.81. The summed E-state index contributed by atoms with van der Waals surface area (Å²) in [6.07, 6.45) is -0.0891. The first-order valence-electron chi connectivity index (χ1n) is 7.81. The zero-order chi connectivity index (χ0) is 15.5. The molecule has 1 heterocycles. The van der Waals surface area contributed by atoms with Gasteiger partial charge in [0.05, 0.1) is 0 Å². The largest absolute Gasteiger partial charge is 0.467 e. The van der Waals surface area contributed by atoms with Crippen LogP contribution in [0.25, 0.3) is 0 Å². The molecule has 1 unspecified atom stereocenters. The Morgan fingerprint density at radius 2 is 1.13 bits per heavy atom. The Morgan fingerprint density at radius 3 is 1.74 bits per heavy atom. The molecule has 0 spiro atoms. The molecular weight excluding hydrogens is 282 g/mol. The van der Waals surface area contributed by atoms with Gasteiger partial charge < -0.3 is 4.74 Å². The number of rotatable bonds is 3. The van der Waals surface area contributed by atoms with Gasteiger partial charge in [-0.15, -0.1) is 0 Å². The number of benzene rings is 3. The normalized spacial score (nSPS) is 19.9. The van der Waals surface area contributed by atoms with Gasteiger partial charge in [0.25, 0.3) is 0 Å². The number of hydrogen-bond acceptors (Lipinski definition) is 2. The second-order valence-electron chi connectivity index (χ2n) is 5.60. The quantitative estimate of drug-likeness (QED) is 0.671. The molecule has 1 aliphatic heterocycles. The minimum Gasteiger partial charge on any atom is -0.467 e. The standard InChI is InChI=1S/C21H17NO/c1-4-10-16(11-5-1)19-20(17-12-6-2-7-13-17)23-21(22-19)18-14-8-3-9-15-18/h1-15,19-20H/t19-,20?/m1/s1. The highest BCUT2D eigenvalue weighted by molar-refractivity contribution is 5.95. The van der Waals surface area contributed by atoms with E-state index in [1.807, 2.05) is 66.7 Å². The second kappa shape index (κ2) is 6.09. The topological polar surface area (TPSA) is 21.6 Å². The van der Waals surface area contributed by atoms with E-state index in [0.717, 1.165) is 11.1 Å². The second-order valence-corrected chi connectivity index (χ2v) is 5.60. The van der Waals surface area contributed by atoms with Crippen molar-refractivity contribution in [3.8, 4) is 0 Å². The molecule has 0 radical (unpaired) electrons. The van der Waals surface area contributed by atoms with Crippen LogP contribution in [0, 0.1) is 0 Å². The molecule has 2 nitrogen and oxygen atoms in total. The molecule has 0 amide bonds. The van der Waals surface area contributed by atoms with E-state index in [0.29, 0.717) is 5.90 Å². The fraction of sp³-hybridized carbons (Fsp3) is 0.0952. The Kier molecular flexibility index (Phi) is 3.65. The SMILES string of the molecule is c1ccc(C2=N[C@H](c3ccccc3)C(c3ccccc3)O2)cc1. The van der Waals surface area contributed by atoms with Crippen LogP contribution in [-0.4, -0.2) is 5.90 Å². The van der Waals surface area contributed by atoms with Crippen LogP contribution in [0.4, 0.5) is 0 Å². The zero-order valence-corrected chi connectivity index (χ0v) is 12.7. The van der Waals surface area contributed by atoms with Crippen LogP contribution in [0.15, 0.2) is 96.0 Å². The van der Waals surface area contributed by atoms with Crippen molar-refractivity contribution in [3.05, 3.63) is 108 Å². The maximum absolute atomic E-state index is 6.25. The van der Waals surface area contributed by atoms with Crippen LogP contribution in [-0.2, 0) is 4.74 Å². The predicted octanol–water partition coefficient (Wildman–Crippen LogP) is 4.95. The Morgan fingerprint density at radius 1 is 0.609 bits per heavy atom. The van der Waals surface area contributed by atoms with Gasteiger partial charge in [0.1, 0.15) is 6.04 Å². The van der Waals surface area contributed by atoms with E-state index < -0.39 is 0 Å². The first kappa shape index (κ1) is 13.8. The summed E-state index contributed by atoms with van der Waals surface area (Å²) in [7, 11) is 0. The molecule has 3 aromatic carbocycles. The van der Waals surface area contributed by atoms with Crippen LogP contribution in [0.2, 0.25) is 0 Å². The molecule has 0 aliphatic carbocycles. The Labute approximate surface area is 136 Å². The third-order valence-corrected chi connectivity index (χ3v) is 4.07. The zero-order valence-electron chi connectivity index (χ0n) is 12.7. The molecule has 4 rings (SSSR count). The summed E-state index contributed by atoms with van der Waals surface area (Å²) in [5, 5.41) is 0. The third kappa shape index (κ3) is 2.76. The van der Waals surface area contributed by atoms with Gasteiger partial charge in [-0.2, -0.15) is 0 Å². The number of aliphatic imine (C=N–C) groups is 1. The molecule has 3 aromatic rings. The lowest BCUT2D eigenvalue weighted by Crippen LogP contribution is -2.09. The van der Waals surface area contributed by atoms with Crippen molar-refractivity contribution < 1.29 is 4.74 Å². The third-order valence-electron chi connectivity index (χ3n) is 4.07. The number of ether oxygens (including phenoxy) is 1. The van der Waals surface area contributed by atoms with Gasteiger partial charge in [-0.1, -0.05) is 78.9 Å². The molecule has 0 N–H and O–H groups in total. The fourth-order valence-electron chi connectivity index (χ4n) is 2.93. The van der Waals surface area contributed by atoms with Crippen LogP contribution in [0.3, 0.4) is 0 Å². The van der Waals surface area contributed by atoms with Crippen molar-refractivity contribution in [3.63, 3.8) is 0 Å². The minimum absolute atomic E-state index is 0.0196. The van der Waals surface area contributed by atoms with Crippen molar-refractivity contribution >= 4 is 5.90 Å². The van der Waals surface area contributed by atoms with E-state index in [9.17, 15) is 0 Å². The Balaban J connectivity index is 1.75. The van der Waals surface area contributed by atoms with Crippen LogP contribution < -0.4 is 0 Å². The van der Waals surface area contributed by atoms with Gasteiger partial charge in [0.2, 0.25) is 5.90 Å². The summed E-state index contributed by atoms with van der Waals surface area (Å²) in [4.78, 5) is 4.88. The molecule has 23 heavy (non-hydrogen) atoms. The van der Waals surface area contributed by atoms with Gasteiger partial charge in [0.15, 0.2) is 6.10 Å². The van der Waals surface area contributed by atoms with E-state index in [1.165, 1.54) is 5.56 Å². The predicted molar refractivity (Wildman–Crippen MR) is 92.4 cm³/mol. The molecule has 0 fully saturated rings. The van der Waals surface area contributed by atoms with Crippen molar-refractivity contribution in [2.24, 2.45) is 4.99 Å². The monoisotopic (exact) mass is 299 g/mol. The average Bonchev–Trinajstić information content (AvgIpc) is 3.09. The van der Waals surface area contributed by atoms with Crippen molar-refractivity contribution in [1.29, 1.82) is 0 Å².